The van der Waals surface area contributed by atoms with E-state index in [1.54, 1.807) is 16.0 Å². The lowest BCUT2D eigenvalue weighted by Crippen LogP contribution is -2.52. The maximum Gasteiger partial charge on any atom is 0.255 e. The lowest BCUT2D eigenvalue weighted by molar-refractivity contribution is -0.137. The number of hydrogen-bond acceptors (Lipinski definition) is 6. The molecule has 41 heavy (non-hydrogen) atoms. The second-order valence-corrected chi connectivity index (χ2v) is 11.4. The molecule has 4 amide bonds. The maximum absolute atomic E-state index is 13.0. The third kappa shape index (κ3) is 4.70. The first kappa shape index (κ1) is 25.6. The van der Waals surface area contributed by atoms with Crippen LogP contribution in [0.25, 0.3) is 0 Å². The highest BCUT2D eigenvalue weighted by molar-refractivity contribution is 6.06. The Morgan fingerprint density at radius 2 is 1.76 bits per heavy atom. The fraction of sp³-hybridized carbons (Fsp3) is 0.344. The van der Waals surface area contributed by atoms with E-state index in [-0.39, 0.29) is 30.0 Å². The predicted molar refractivity (Wildman–Crippen MR) is 151 cm³/mol. The number of likely N-dealkylation sites (tertiary alicyclic amines) is 1. The summed E-state index contributed by atoms with van der Waals surface area (Å²) in [7, 11) is 0. The molecule has 1 aromatic heterocycles. The van der Waals surface area contributed by atoms with Crippen molar-refractivity contribution in [1.82, 2.24) is 20.1 Å². The largest absolute Gasteiger partial charge is 0.322 e. The van der Waals surface area contributed by atoms with Gasteiger partial charge in [-0.2, -0.15) is 0 Å². The normalized spacial score (nSPS) is 21.3. The number of hydrogen-bond donors (Lipinski definition) is 1. The van der Waals surface area contributed by atoms with Crippen LogP contribution in [-0.4, -0.2) is 57.5 Å². The Bertz CT molecular complexity index is 1580. The first-order chi connectivity index (χ1) is 19.9. The average Bonchev–Trinajstić information content (AvgIpc) is 3.49. The quantitative estimate of drug-likeness (QED) is 0.489. The molecule has 5 heterocycles. The van der Waals surface area contributed by atoms with Gasteiger partial charge in [0.1, 0.15) is 11.9 Å². The van der Waals surface area contributed by atoms with E-state index >= 15 is 0 Å². The molecular formula is C32H31N5O4. The van der Waals surface area contributed by atoms with Crippen molar-refractivity contribution in [3.05, 3.63) is 88.6 Å². The Labute approximate surface area is 238 Å². The number of rotatable bonds is 5. The molecule has 9 heteroatoms. The molecule has 2 fully saturated rings. The van der Waals surface area contributed by atoms with Gasteiger partial charge in [0.25, 0.3) is 5.91 Å². The van der Waals surface area contributed by atoms with E-state index in [4.69, 9.17) is 0 Å². The van der Waals surface area contributed by atoms with E-state index in [0.717, 1.165) is 55.1 Å². The van der Waals surface area contributed by atoms with E-state index in [0.29, 0.717) is 30.9 Å². The molecule has 4 aliphatic rings. The molecule has 3 aromatic rings. The highest BCUT2D eigenvalue weighted by Gasteiger charge is 2.39. The van der Waals surface area contributed by atoms with E-state index in [2.05, 4.69) is 39.5 Å². The van der Waals surface area contributed by atoms with Crippen molar-refractivity contribution in [2.75, 3.05) is 18.0 Å². The minimum absolute atomic E-state index is 0.0490. The predicted octanol–water partition coefficient (Wildman–Crippen LogP) is 3.44. The molecule has 0 saturated carbocycles. The molecule has 7 rings (SSSR count). The van der Waals surface area contributed by atoms with Crippen molar-refractivity contribution in [1.29, 1.82) is 0 Å². The van der Waals surface area contributed by atoms with Crippen LogP contribution in [0.5, 0.6) is 0 Å². The molecule has 0 spiro atoms. The Morgan fingerprint density at radius 1 is 0.902 bits per heavy atom. The van der Waals surface area contributed by atoms with Gasteiger partial charge in [-0.15, -0.1) is 0 Å². The lowest BCUT2D eigenvalue weighted by Gasteiger charge is -2.32. The molecule has 1 N–H and O–H groups in total. The van der Waals surface area contributed by atoms with Crippen molar-refractivity contribution in [3.8, 4) is 0 Å². The molecule has 1 atom stereocenters. The van der Waals surface area contributed by atoms with Gasteiger partial charge in [-0.25, -0.2) is 4.98 Å². The van der Waals surface area contributed by atoms with Gasteiger partial charge in [-0.05, 0) is 79.2 Å². The van der Waals surface area contributed by atoms with Gasteiger partial charge in [-0.3, -0.25) is 34.3 Å². The van der Waals surface area contributed by atoms with Crippen molar-refractivity contribution in [2.45, 2.75) is 57.2 Å². The van der Waals surface area contributed by atoms with Crippen LogP contribution >= 0.6 is 0 Å². The monoisotopic (exact) mass is 549 g/mol. The van der Waals surface area contributed by atoms with Crippen LogP contribution in [0.15, 0.2) is 60.8 Å². The summed E-state index contributed by atoms with van der Waals surface area (Å²) in [6, 6.07) is 17.5. The van der Waals surface area contributed by atoms with Gasteiger partial charge in [0.05, 0.1) is 12.1 Å². The maximum atomic E-state index is 13.0. The Balaban J connectivity index is 0.988. The Morgan fingerprint density at radius 3 is 2.59 bits per heavy atom. The zero-order chi connectivity index (χ0) is 28.1. The van der Waals surface area contributed by atoms with Gasteiger partial charge in [0.15, 0.2) is 0 Å². The van der Waals surface area contributed by atoms with Crippen molar-refractivity contribution >= 4 is 35.1 Å². The van der Waals surface area contributed by atoms with Crippen LogP contribution in [-0.2, 0) is 33.9 Å². The van der Waals surface area contributed by atoms with Crippen LogP contribution in [0.4, 0.5) is 11.5 Å². The van der Waals surface area contributed by atoms with Crippen molar-refractivity contribution < 1.29 is 19.2 Å². The molecule has 0 radical (unpaired) electrons. The average molecular weight is 550 g/mol. The lowest BCUT2D eigenvalue weighted by atomic mass is 9.87. The molecule has 2 saturated heterocycles. The standard InChI is InChI=1S/C32H31N5O4/c38-28-9-8-27(31(40)34-28)36-19-24-16-22(6-7-26(24)32(36)41)21-10-13-35(14-11-21)18-20-3-1-5-25(15-20)37-29(39)17-23-4-2-12-33-30(23)37/h1-7,12,15-16,21,27H,8-11,13-14,17-19H2,(H,34,38,40). The van der Waals surface area contributed by atoms with Gasteiger partial charge in [0, 0.05) is 36.8 Å². The Kier molecular flexibility index (Phi) is 6.38. The number of nitrogens with zero attached hydrogens (tertiary/aromatic N) is 4. The van der Waals surface area contributed by atoms with Crippen LogP contribution in [0.1, 0.15) is 64.2 Å². The third-order valence-corrected chi connectivity index (χ3v) is 8.85. The highest BCUT2D eigenvalue weighted by atomic mass is 16.2. The van der Waals surface area contributed by atoms with Crippen LogP contribution < -0.4 is 10.2 Å². The number of amides is 4. The minimum atomic E-state index is -0.590. The molecule has 208 valence electrons. The van der Waals surface area contributed by atoms with Gasteiger partial charge >= 0.3 is 0 Å². The first-order valence-corrected chi connectivity index (χ1v) is 14.3. The summed E-state index contributed by atoms with van der Waals surface area (Å²) in [6.07, 6.45) is 4.78. The minimum Gasteiger partial charge on any atom is -0.322 e. The summed E-state index contributed by atoms with van der Waals surface area (Å²) < 4.78 is 0. The third-order valence-electron chi connectivity index (χ3n) is 8.85. The number of fused-ring (bicyclic) bond motifs is 2. The molecule has 4 aliphatic heterocycles. The van der Waals surface area contributed by atoms with E-state index < -0.39 is 6.04 Å². The zero-order valence-corrected chi connectivity index (χ0v) is 22.7. The molecule has 0 aliphatic carbocycles. The smallest absolute Gasteiger partial charge is 0.255 e. The number of piperidine rings is 2. The van der Waals surface area contributed by atoms with E-state index in [1.807, 2.05) is 30.3 Å². The van der Waals surface area contributed by atoms with E-state index in [9.17, 15) is 19.2 Å². The molecule has 2 aromatic carbocycles. The zero-order valence-electron chi connectivity index (χ0n) is 22.7. The van der Waals surface area contributed by atoms with Crippen LogP contribution in [0.2, 0.25) is 0 Å². The second kappa shape index (κ2) is 10.2. The number of benzene rings is 2. The van der Waals surface area contributed by atoms with E-state index in [1.165, 1.54) is 11.1 Å². The number of carbonyl (C=O) groups excluding carboxylic acids is 4. The molecular weight excluding hydrogens is 518 g/mol. The molecule has 1 unspecified atom stereocenters. The molecule has 0 bridgehead atoms. The fourth-order valence-corrected chi connectivity index (χ4v) is 6.72. The topological polar surface area (TPSA) is 103 Å². The summed E-state index contributed by atoms with van der Waals surface area (Å²) in [5.74, 6) is 0.399. The summed E-state index contributed by atoms with van der Waals surface area (Å²) >= 11 is 0. The second-order valence-electron chi connectivity index (χ2n) is 11.4. The van der Waals surface area contributed by atoms with Gasteiger partial charge < -0.3 is 4.90 Å². The summed E-state index contributed by atoms with van der Waals surface area (Å²) in [4.78, 5) is 59.9. The number of anilines is 2. The summed E-state index contributed by atoms with van der Waals surface area (Å²) in [5, 5.41) is 2.36. The highest BCUT2D eigenvalue weighted by Crippen LogP contribution is 2.36. The number of imide groups is 1. The number of nitrogens with one attached hydrogen (secondary N) is 1. The first-order valence-electron chi connectivity index (χ1n) is 14.3. The van der Waals surface area contributed by atoms with Gasteiger partial charge in [-0.1, -0.05) is 30.3 Å². The number of carbonyl (C=O) groups is 4. The SMILES string of the molecule is O=C1CCC(N2Cc3cc(C4CCN(Cc5cccc(N6C(=O)Cc7cccnc76)c5)CC4)ccc3C2=O)C(=O)N1. The Hall–Kier alpha value is -4.37. The van der Waals surface area contributed by atoms with Crippen LogP contribution in [0, 0.1) is 0 Å². The van der Waals surface area contributed by atoms with Crippen molar-refractivity contribution in [2.24, 2.45) is 0 Å². The molecule has 9 nitrogen and oxygen atoms in total. The fourth-order valence-electron chi connectivity index (χ4n) is 6.72. The number of pyridine rings is 1. The van der Waals surface area contributed by atoms with Crippen LogP contribution in [0.3, 0.4) is 0 Å². The number of aromatic nitrogens is 1. The van der Waals surface area contributed by atoms with Crippen molar-refractivity contribution in [3.63, 3.8) is 0 Å². The summed E-state index contributed by atoms with van der Waals surface area (Å²) in [5.41, 5.74) is 5.85. The summed E-state index contributed by atoms with van der Waals surface area (Å²) in [6.45, 7) is 3.14. The van der Waals surface area contributed by atoms with Gasteiger partial charge in [0.2, 0.25) is 17.7 Å².